The predicted molar refractivity (Wildman–Crippen MR) is 188 cm³/mol. The van der Waals surface area contributed by atoms with Gasteiger partial charge in [-0.05, 0) is 41.8 Å². The first-order chi connectivity index (χ1) is 22.4. The minimum atomic E-state index is -0.932. The van der Waals surface area contributed by atoms with Crippen LogP contribution < -0.4 is 15.8 Å². The largest absolute Gasteiger partial charge is 0.492 e. The number of halogens is 2. The maximum absolute atomic E-state index is 11.7. The average molecular weight is 704 g/mol. The lowest BCUT2D eigenvalue weighted by atomic mass is 9.97. The van der Waals surface area contributed by atoms with Crippen molar-refractivity contribution in [2.75, 3.05) is 18.9 Å². The van der Waals surface area contributed by atoms with Crippen LogP contribution in [-0.4, -0.2) is 40.2 Å². The summed E-state index contributed by atoms with van der Waals surface area (Å²) in [6.45, 7) is 0.564. The Morgan fingerprint density at radius 3 is 2.34 bits per heavy atom. The molecule has 0 aliphatic carbocycles. The standard InChI is InChI=1S/C34H27ClN6O3S2.ClH/c35-24-10-6-23(7-11-24)32-40-25(19-45-32)20-46-33-28(18-37)30(27(17-36)31(38)41-33)22-8-12-26(13-9-22)44-15-14-39-29(34(42)43)16-21-4-2-1-3-5-21;/h1-13,19,29,39H,14-16,20H2,(H2,38,41)(H,42,43);1H/t29-;/m0./s1. The lowest BCUT2D eigenvalue weighted by Crippen LogP contribution is -2.40. The molecule has 0 aliphatic rings. The molecular weight excluding hydrogens is 675 g/mol. The van der Waals surface area contributed by atoms with Gasteiger partial charge in [0.05, 0.1) is 11.3 Å². The molecule has 3 aromatic carbocycles. The molecule has 238 valence electrons. The highest BCUT2D eigenvalue weighted by molar-refractivity contribution is 7.98. The number of pyridine rings is 1. The Morgan fingerprint density at radius 1 is 1.00 bits per heavy atom. The van der Waals surface area contributed by atoms with E-state index in [1.54, 1.807) is 24.3 Å². The summed E-state index contributed by atoms with van der Waals surface area (Å²) in [5.74, 6) is 0.104. The molecular formula is C34H28Cl2N6O3S2. The number of rotatable bonds is 13. The van der Waals surface area contributed by atoms with Gasteiger partial charge in [0.15, 0.2) is 0 Å². The third-order valence-corrected chi connectivity index (χ3v) is 9.10. The molecule has 0 spiro atoms. The highest BCUT2D eigenvalue weighted by Crippen LogP contribution is 2.37. The van der Waals surface area contributed by atoms with Crippen LogP contribution in [0.25, 0.3) is 21.7 Å². The second-order valence-corrected chi connectivity index (χ2v) is 12.3. The second-order valence-electron chi connectivity index (χ2n) is 10.00. The number of hydrogen-bond acceptors (Lipinski definition) is 10. The van der Waals surface area contributed by atoms with Crippen molar-refractivity contribution in [3.8, 4) is 39.6 Å². The first-order valence-electron chi connectivity index (χ1n) is 14.1. The monoisotopic (exact) mass is 702 g/mol. The fraction of sp³-hybridized carbons (Fsp3) is 0.147. The number of ether oxygens (including phenoxy) is 1. The Kier molecular flexibility index (Phi) is 12.6. The van der Waals surface area contributed by atoms with Crippen molar-refractivity contribution in [2.24, 2.45) is 0 Å². The molecule has 13 heteroatoms. The van der Waals surface area contributed by atoms with Crippen molar-refractivity contribution in [3.05, 3.63) is 112 Å². The van der Waals surface area contributed by atoms with Crippen LogP contribution >= 0.6 is 47.1 Å². The zero-order chi connectivity index (χ0) is 32.5. The van der Waals surface area contributed by atoms with Gasteiger partial charge in [-0.2, -0.15) is 10.5 Å². The molecule has 2 heterocycles. The number of anilines is 1. The van der Waals surface area contributed by atoms with Crippen molar-refractivity contribution in [1.29, 1.82) is 10.5 Å². The molecule has 9 nitrogen and oxygen atoms in total. The van der Waals surface area contributed by atoms with Gasteiger partial charge < -0.3 is 20.9 Å². The molecule has 0 saturated heterocycles. The lowest BCUT2D eigenvalue weighted by molar-refractivity contribution is -0.139. The Morgan fingerprint density at radius 2 is 1.68 bits per heavy atom. The van der Waals surface area contributed by atoms with E-state index in [0.29, 0.717) is 45.6 Å². The number of carboxylic acids is 1. The van der Waals surface area contributed by atoms with E-state index < -0.39 is 12.0 Å². The van der Waals surface area contributed by atoms with Gasteiger partial charge in [-0.3, -0.25) is 4.79 Å². The number of benzene rings is 3. The Labute approximate surface area is 291 Å². The number of hydrogen-bond donors (Lipinski definition) is 3. The summed E-state index contributed by atoms with van der Waals surface area (Å²) in [5, 5.41) is 36.6. The minimum Gasteiger partial charge on any atom is -0.492 e. The molecule has 2 aromatic heterocycles. The zero-order valence-electron chi connectivity index (χ0n) is 24.7. The van der Waals surface area contributed by atoms with Gasteiger partial charge in [0.2, 0.25) is 0 Å². The van der Waals surface area contributed by atoms with E-state index in [0.717, 1.165) is 21.8 Å². The van der Waals surface area contributed by atoms with Crippen LogP contribution in [0.4, 0.5) is 5.82 Å². The molecule has 0 fully saturated rings. The maximum atomic E-state index is 11.7. The minimum absolute atomic E-state index is 0. The van der Waals surface area contributed by atoms with E-state index in [1.807, 2.05) is 60.0 Å². The molecule has 0 radical (unpaired) electrons. The number of thioether (sulfide) groups is 1. The molecule has 47 heavy (non-hydrogen) atoms. The van der Waals surface area contributed by atoms with Crippen LogP contribution in [0.2, 0.25) is 5.02 Å². The summed E-state index contributed by atoms with van der Waals surface area (Å²) >= 11 is 8.84. The average Bonchev–Trinajstić information content (AvgIpc) is 3.55. The van der Waals surface area contributed by atoms with Crippen LogP contribution in [0, 0.1) is 22.7 Å². The highest BCUT2D eigenvalue weighted by Gasteiger charge is 2.21. The Bertz CT molecular complexity index is 1910. The fourth-order valence-corrected chi connectivity index (χ4v) is 6.59. The highest BCUT2D eigenvalue weighted by atomic mass is 35.5. The number of aliphatic carboxylic acids is 1. The van der Waals surface area contributed by atoms with E-state index in [2.05, 4.69) is 22.4 Å². The molecule has 4 N–H and O–H groups in total. The molecule has 1 atom stereocenters. The fourth-order valence-electron chi connectivity index (χ4n) is 4.65. The summed E-state index contributed by atoms with van der Waals surface area (Å²) < 4.78 is 5.83. The van der Waals surface area contributed by atoms with Crippen LogP contribution in [0.1, 0.15) is 22.4 Å². The van der Waals surface area contributed by atoms with Gasteiger partial charge in [0.25, 0.3) is 0 Å². The summed E-state index contributed by atoms with van der Waals surface area (Å²) in [6.07, 6.45) is 0.358. The topological polar surface area (TPSA) is 158 Å². The SMILES string of the molecule is Cl.N#Cc1c(N)nc(SCc2csc(-c3ccc(Cl)cc3)n2)c(C#N)c1-c1ccc(OCCN[C@@H](Cc2ccccc2)C(=O)O)cc1. The Balaban J connectivity index is 0.00000500. The van der Waals surface area contributed by atoms with Crippen LogP contribution in [0.3, 0.4) is 0 Å². The lowest BCUT2D eigenvalue weighted by Gasteiger charge is -2.15. The first-order valence-corrected chi connectivity index (χ1v) is 16.3. The molecule has 0 aliphatic heterocycles. The second kappa shape index (κ2) is 16.8. The third kappa shape index (κ3) is 9.01. The number of carbonyl (C=O) groups is 1. The summed E-state index contributed by atoms with van der Waals surface area (Å²) in [6, 6.07) is 27.4. The summed E-state index contributed by atoms with van der Waals surface area (Å²) in [7, 11) is 0. The number of carboxylic acid groups (broad SMARTS) is 1. The van der Waals surface area contributed by atoms with Crippen molar-refractivity contribution < 1.29 is 14.6 Å². The van der Waals surface area contributed by atoms with Crippen LogP contribution in [-0.2, 0) is 17.0 Å². The van der Waals surface area contributed by atoms with E-state index in [9.17, 15) is 20.4 Å². The van der Waals surface area contributed by atoms with Crippen molar-refractivity contribution in [3.63, 3.8) is 0 Å². The van der Waals surface area contributed by atoms with Gasteiger partial charge >= 0.3 is 5.97 Å². The number of aromatic nitrogens is 2. The normalized spacial score (nSPS) is 11.1. The maximum Gasteiger partial charge on any atom is 0.321 e. The summed E-state index contributed by atoms with van der Waals surface area (Å²) in [5.41, 5.74) is 10.3. The van der Waals surface area contributed by atoms with Gasteiger partial charge in [-0.25, -0.2) is 9.97 Å². The molecule has 0 amide bonds. The zero-order valence-corrected chi connectivity index (χ0v) is 27.9. The van der Waals surface area contributed by atoms with E-state index in [-0.39, 0.29) is 36.0 Å². The molecule has 0 saturated carbocycles. The van der Waals surface area contributed by atoms with Gasteiger partial charge in [-0.15, -0.1) is 23.7 Å². The van der Waals surface area contributed by atoms with Crippen LogP contribution in [0.15, 0.2) is 89.3 Å². The third-order valence-electron chi connectivity index (χ3n) is 6.90. The molecule has 0 bridgehead atoms. The number of nitrogens with one attached hydrogen (secondary N) is 1. The van der Waals surface area contributed by atoms with Crippen molar-refractivity contribution >= 4 is 58.9 Å². The number of thiazole rings is 1. The number of nitrogens with zero attached hydrogens (tertiary/aromatic N) is 4. The van der Waals surface area contributed by atoms with E-state index >= 15 is 0 Å². The quantitative estimate of drug-likeness (QED) is 0.0844. The van der Waals surface area contributed by atoms with Gasteiger partial charge in [-0.1, -0.05) is 78.0 Å². The van der Waals surface area contributed by atoms with E-state index in [4.69, 9.17) is 27.1 Å². The van der Waals surface area contributed by atoms with Gasteiger partial charge in [0.1, 0.15) is 52.0 Å². The predicted octanol–water partition coefficient (Wildman–Crippen LogP) is 7.23. The molecule has 0 unspecified atom stereocenters. The smallest absolute Gasteiger partial charge is 0.321 e. The number of nitriles is 2. The molecule has 5 rings (SSSR count). The van der Waals surface area contributed by atoms with Crippen molar-refractivity contribution in [2.45, 2.75) is 23.2 Å². The summed E-state index contributed by atoms with van der Waals surface area (Å²) in [4.78, 5) is 20.8. The first kappa shape index (κ1) is 35.2. The van der Waals surface area contributed by atoms with Crippen LogP contribution in [0.5, 0.6) is 5.75 Å². The van der Waals surface area contributed by atoms with Crippen molar-refractivity contribution in [1.82, 2.24) is 15.3 Å². The number of nitrogens with two attached hydrogens (primary N) is 1. The molecule has 5 aromatic rings. The Hall–Kier alpha value is -4.62. The van der Waals surface area contributed by atoms with E-state index in [1.165, 1.54) is 23.1 Å². The number of nitrogen functional groups attached to an aromatic ring is 1. The van der Waals surface area contributed by atoms with Gasteiger partial charge in [0, 0.05) is 33.8 Å².